The lowest BCUT2D eigenvalue weighted by Gasteiger charge is -2.33. The molecule has 7 heteroatoms. The van der Waals surface area contributed by atoms with E-state index in [9.17, 15) is 18.0 Å². The van der Waals surface area contributed by atoms with Gasteiger partial charge in [0.1, 0.15) is 5.75 Å². The molecule has 2 heterocycles. The van der Waals surface area contributed by atoms with Crippen LogP contribution in [0.2, 0.25) is 0 Å². The molecule has 6 nitrogen and oxygen atoms in total. The first-order chi connectivity index (χ1) is 15.7. The van der Waals surface area contributed by atoms with Crippen molar-refractivity contribution in [3.05, 3.63) is 94.5 Å². The van der Waals surface area contributed by atoms with Crippen molar-refractivity contribution in [2.24, 2.45) is 0 Å². The van der Waals surface area contributed by atoms with E-state index in [1.54, 1.807) is 42.5 Å². The van der Waals surface area contributed by atoms with Crippen LogP contribution < -0.4 is 9.80 Å². The van der Waals surface area contributed by atoms with E-state index in [-0.39, 0.29) is 6.54 Å². The highest BCUT2D eigenvalue weighted by molar-refractivity contribution is 7.94. The molecule has 3 aromatic rings. The van der Waals surface area contributed by atoms with Gasteiger partial charge >= 0.3 is 0 Å². The number of carbonyl (C=O) groups excluding carboxylic acids is 2. The molecule has 0 N–H and O–H groups in total. The normalized spacial score (nSPS) is 21.2. The number of nitrogens with zero attached hydrogens (tertiary/aromatic N) is 2. The lowest BCUT2D eigenvalue weighted by Crippen LogP contribution is -2.54. The quantitative estimate of drug-likeness (QED) is 0.596. The lowest BCUT2D eigenvalue weighted by atomic mass is 10.0. The molecule has 1 spiro atoms. The van der Waals surface area contributed by atoms with E-state index < -0.39 is 32.3 Å². The van der Waals surface area contributed by atoms with Crippen molar-refractivity contribution in [1.82, 2.24) is 0 Å². The Morgan fingerprint density at radius 2 is 1.61 bits per heavy atom. The fraction of sp³-hybridized carbons (Fsp3) is 0.231. The van der Waals surface area contributed by atoms with Crippen LogP contribution in [0.1, 0.15) is 27.8 Å². The average Bonchev–Trinajstić information content (AvgIpc) is 3.13. The number of carbonyl (C=O) groups is 2. The minimum absolute atomic E-state index is 0.219. The average molecular weight is 461 g/mol. The van der Waals surface area contributed by atoms with E-state index >= 15 is 0 Å². The number of hydrogen-bond donors (Lipinski definition) is 0. The van der Waals surface area contributed by atoms with E-state index in [0.717, 1.165) is 22.3 Å². The second kappa shape index (κ2) is 7.28. The fourth-order valence-corrected chi connectivity index (χ4v) is 6.99. The molecule has 1 fully saturated rings. The van der Waals surface area contributed by atoms with Crippen molar-refractivity contribution in [3.63, 3.8) is 0 Å². The van der Waals surface area contributed by atoms with E-state index in [1.807, 2.05) is 45.0 Å². The largest absolute Gasteiger partial charge is 0.304 e. The van der Waals surface area contributed by atoms with Gasteiger partial charge in [-0.3, -0.25) is 14.5 Å². The topological polar surface area (TPSA) is 74.8 Å². The third kappa shape index (κ3) is 2.95. The predicted octanol–water partition coefficient (Wildman–Crippen LogP) is 3.77. The Balaban J connectivity index is 1.75. The monoisotopic (exact) mass is 460 g/mol. The fourth-order valence-electron chi connectivity index (χ4n) is 4.96. The Morgan fingerprint density at radius 3 is 2.36 bits per heavy atom. The predicted molar refractivity (Wildman–Crippen MR) is 128 cm³/mol. The lowest BCUT2D eigenvalue weighted by molar-refractivity contribution is -0.123. The maximum absolute atomic E-state index is 14.2. The van der Waals surface area contributed by atoms with Crippen molar-refractivity contribution in [3.8, 4) is 0 Å². The highest BCUT2D eigenvalue weighted by Crippen LogP contribution is 2.52. The van der Waals surface area contributed by atoms with E-state index in [4.69, 9.17) is 0 Å². The molecule has 0 aromatic heterocycles. The summed E-state index contributed by atoms with van der Waals surface area (Å²) in [5, 5.41) is 0. The molecule has 0 bridgehead atoms. The minimum Gasteiger partial charge on any atom is -0.304 e. The molecule has 0 unspecified atom stereocenters. The number of rotatable bonds is 3. The Kier molecular flexibility index (Phi) is 4.72. The molecular weight excluding hydrogens is 436 g/mol. The van der Waals surface area contributed by atoms with Crippen LogP contribution >= 0.6 is 0 Å². The Bertz CT molecular complexity index is 1430. The van der Waals surface area contributed by atoms with Gasteiger partial charge < -0.3 is 4.90 Å². The van der Waals surface area contributed by atoms with Gasteiger partial charge in [-0.1, -0.05) is 54.1 Å². The molecule has 1 saturated heterocycles. The van der Waals surface area contributed by atoms with Crippen molar-refractivity contribution >= 4 is 33.0 Å². The second-order valence-electron chi connectivity index (χ2n) is 8.81. The number of sulfone groups is 1. The summed E-state index contributed by atoms with van der Waals surface area (Å²) in [6.07, 6.45) is 0. The maximum atomic E-state index is 14.2. The Hall–Kier alpha value is -3.45. The van der Waals surface area contributed by atoms with Gasteiger partial charge in [0.2, 0.25) is 5.91 Å². The van der Waals surface area contributed by atoms with Crippen LogP contribution in [-0.2, 0) is 30.8 Å². The molecule has 168 valence electrons. The number of anilines is 2. The van der Waals surface area contributed by atoms with E-state index in [2.05, 4.69) is 0 Å². The summed E-state index contributed by atoms with van der Waals surface area (Å²) < 4.78 is 27.3. The number of benzene rings is 3. The Labute approximate surface area is 193 Å². The molecular formula is C26H24N2O4S. The summed E-state index contributed by atoms with van der Waals surface area (Å²) in [5.41, 5.74) is 5.09. The smallest absolute Gasteiger partial charge is 0.274 e. The summed E-state index contributed by atoms with van der Waals surface area (Å²) >= 11 is 0. The van der Waals surface area contributed by atoms with Crippen LogP contribution in [0.5, 0.6) is 0 Å². The third-order valence-electron chi connectivity index (χ3n) is 6.52. The first-order valence-electron chi connectivity index (χ1n) is 10.8. The van der Waals surface area contributed by atoms with Crippen LogP contribution in [-0.4, -0.2) is 26.0 Å². The number of aryl methyl sites for hydroxylation is 3. The van der Waals surface area contributed by atoms with Crippen LogP contribution in [0.4, 0.5) is 11.4 Å². The van der Waals surface area contributed by atoms with Crippen LogP contribution in [0.3, 0.4) is 0 Å². The van der Waals surface area contributed by atoms with Gasteiger partial charge in [0.25, 0.3) is 10.8 Å². The van der Waals surface area contributed by atoms with E-state index in [1.165, 1.54) is 9.80 Å². The first-order valence-corrected chi connectivity index (χ1v) is 12.4. The van der Waals surface area contributed by atoms with Gasteiger partial charge in [0.05, 0.1) is 12.2 Å². The molecule has 1 atom stereocenters. The number of fused-ring (bicyclic) bond motifs is 2. The molecule has 3 aromatic carbocycles. The van der Waals surface area contributed by atoms with Gasteiger partial charge in [0.15, 0.2) is 9.84 Å². The molecule has 2 aliphatic rings. The van der Waals surface area contributed by atoms with Gasteiger partial charge in [-0.05, 0) is 55.7 Å². The van der Waals surface area contributed by atoms with Gasteiger partial charge in [-0.15, -0.1) is 0 Å². The van der Waals surface area contributed by atoms with Crippen LogP contribution in [0.15, 0.2) is 66.7 Å². The minimum atomic E-state index is -4.17. The SMILES string of the molecule is Cc1cccc(N2C(=O)CS(=O)(=O)[C@@]23C(=O)N(Cc2cc(C)ccc2C)c2ccccc23)c1. The second-order valence-corrected chi connectivity index (χ2v) is 10.9. The highest BCUT2D eigenvalue weighted by atomic mass is 32.2. The van der Waals surface area contributed by atoms with Gasteiger partial charge in [-0.2, -0.15) is 0 Å². The molecule has 0 aliphatic carbocycles. The zero-order valence-electron chi connectivity index (χ0n) is 18.7. The summed E-state index contributed by atoms with van der Waals surface area (Å²) in [5.74, 6) is -1.92. The number of para-hydroxylation sites is 1. The summed E-state index contributed by atoms with van der Waals surface area (Å²) in [6, 6.07) is 19.9. The number of hydrogen-bond acceptors (Lipinski definition) is 4. The van der Waals surface area contributed by atoms with Crippen LogP contribution in [0, 0.1) is 20.8 Å². The van der Waals surface area contributed by atoms with Crippen LogP contribution in [0.25, 0.3) is 0 Å². The first kappa shape index (κ1) is 21.4. The highest BCUT2D eigenvalue weighted by Gasteiger charge is 2.69. The van der Waals surface area contributed by atoms with Crippen molar-refractivity contribution in [2.75, 3.05) is 15.6 Å². The molecule has 33 heavy (non-hydrogen) atoms. The van der Waals surface area contributed by atoms with Crippen molar-refractivity contribution in [1.29, 1.82) is 0 Å². The third-order valence-corrected chi connectivity index (χ3v) is 8.62. The molecule has 2 aliphatic heterocycles. The van der Waals surface area contributed by atoms with Crippen molar-refractivity contribution in [2.45, 2.75) is 32.2 Å². The van der Waals surface area contributed by atoms with E-state index in [0.29, 0.717) is 16.9 Å². The standard InChI is InChI=1S/C26H24N2O4S/c1-17-7-6-8-21(14-17)28-24(29)16-33(31,32)26(28)22-9-4-5-10-23(22)27(25(26)30)15-20-13-18(2)11-12-19(20)3/h4-14H,15-16H2,1-3H3/t26-/m0/s1. The maximum Gasteiger partial charge on any atom is 0.274 e. The molecule has 0 saturated carbocycles. The molecule has 5 rings (SSSR count). The zero-order chi connectivity index (χ0) is 23.5. The molecule has 0 radical (unpaired) electrons. The summed E-state index contributed by atoms with van der Waals surface area (Å²) in [4.78, 5) is 27.9. The molecule has 2 amide bonds. The van der Waals surface area contributed by atoms with Gasteiger partial charge in [-0.25, -0.2) is 8.42 Å². The van der Waals surface area contributed by atoms with Crippen molar-refractivity contribution < 1.29 is 18.0 Å². The summed E-state index contributed by atoms with van der Waals surface area (Å²) in [7, 11) is -4.17. The summed E-state index contributed by atoms with van der Waals surface area (Å²) in [6.45, 7) is 6.02. The zero-order valence-corrected chi connectivity index (χ0v) is 19.5. The Morgan fingerprint density at radius 1 is 0.879 bits per heavy atom. The number of amides is 2. The van der Waals surface area contributed by atoms with Gasteiger partial charge in [0, 0.05) is 11.3 Å².